The first-order valence-electron chi connectivity index (χ1n) is 9.44. The SMILES string of the molecule is Cc1ccc(-c2cnc3c(c2)nc2n3CCN(C3CCC3)CC2)cc1. The lowest BCUT2D eigenvalue weighted by atomic mass is 9.91. The fourth-order valence-electron chi connectivity index (χ4n) is 4.09. The molecule has 0 atom stereocenters. The predicted octanol–water partition coefficient (Wildman–Crippen LogP) is 3.82. The van der Waals surface area contributed by atoms with Crippen molar-refractivity contribution in [2.45, 2.75) is 45.2 Å². The predicted molar refractivity (Wildman–Crippen MR) is 101 cm³/mol. The molecule has 0 bridgehead atoms. The fraction of sp³-hybridized carbons (Fsp3) is 0.429. The number of hydrogen-bond acceptors (Lipinski definition) is 3. The maximum absolute atomic E-state index is 4.93. The largest absolute Gasteiger partial charge is 0.311 e. The molecule has 0 unspecified atom stereocenters. The molecule has 2 aromatic heterocycles. The summed E-state index contributed by atoms with van der Waals surface area (Å²) in [6, 6.07) is 11.6. The minimum absolute atomic E-state index is 0.817. The molecule has 4 nitrogen and oxygen atoms in total. The number of imidazole rings is 1. The van der Waals surface area contributed by atoms with Crippen LogP contribution in [0, 0.1) is 6.92 Å². The van der Waals surface area contributed by atoms with Gasteiger partial charge in [-0.25, -0.2) is 9.97 Å². The molecule has 5 rings (SSSR count). The molecule has 4 heteroatoms. The van der Waals surface area contributed by atoms with Gasteiger partial charge in [-0.05, 0) is 31.4 Å². The third-order valence-electron chi connectivity index (χ3n) is 5.87. The van der Waals surface area contributed by atoms with Gasteiger partial charge in [0.2, 0.25) is 0 Å². The van der Waals surface area contributed by atoms with Crippen LogP contribution in [0.2, 0.25) is 0 Å². The molecule has 1 fully saturated rings. The summed E-state index contributed by atoms with van der Waals surface area (Å²) in [7, 11) is 0. The van der Waals surface area contributed by atoms with E-state index in [1.54, 1.807) is 0 Å². The van der Waals surface area contributed by atoms with Crippen LogP contribution in [0.5, 0.6) is 0 Å². The number of pyridine rings is 1. The highest BCUT2D eigenvalue weighted by Gasteiger charge is 2.27. The smallest absolute Gasteiger partial charge is 0.160 e. The van der Waals surface area contributed by atoms with Gasteiger partial charge in [0.1, 0.15) is 11.3 Å². The Hall–Kier alpha value is -2.20. The van der Waals surface area contributed by atoms with Crippen molar-refractivity contribution in [3.8, 4) is 11.1 Å². The van der Waals surface area contributed by atoms with Crippen LogP contribution >= 0.6 is 0 Å². The first-order chi connectivity index (χ1) is 12.3. The van der Waals surface area contributed by atoms with Crippen LogP contribution in [-0.2, 0) is 13.0 Å². The highest BCUT2D eigenvalue weighted by molar-refractivity contribution is 5.78. The molecule has 1 aliphatic heterocycles. The summed E-state index contributed by atoms with van der Waals surface area (Å²) in [4.78, 5) is 12.4. The van der Waals surface area contributed by atoms with Gasteiger partial charge < -0.3 is 4.57 Å². The van der Waals surface area contributed by atoms with E-state index in [0.29, 0.717) is 0 Å². The summed E-state index contributed by atoms with van der Waals surface area (Å²) in [5.41, 5.74) is 5.71. The summed E-state index contributed by atoms with van der Waals surface area (Å²) in [6.45, 7) is 5.40. The van der Waals surface area contributed by atoms with Crippen LogP contribution in [0.1, 0.15) is 30.7 Å². The summed E-state index contributed by atoms with van der Waals surface area (Å²) in [6.07, 6.45) is 7.18. The van der Waals surface area contributed by atoms with Gasteiger partial charge in [0.05, 0.1) is 0 Å². The molecule has 0 spiro atoms. The normalized spacial score (nSPS) is 18.8. The second kappa shape index (κ2) is 5.95. The van der Waals surface area contributed by atoms with E-state index in [9.17, 15) is 0 Å². The molecule has 0 N–H and O–H groups in total. The average molecular weight is 332 g/mol. The molecule has 1 saturated carbocycles. The Kier molecular flexibility index (Phi) is 3.59. The summed E-state index contributed by atoms with van der Waals surface area (Å²) in [5, 5.41) is 0. The molecular formula is C21H24N4. The van der Waals surface area contributed by atoms with Crippen molar-refractivity contribution in [3.05, 3.63) is 47.9 Å². The third kappa shape index (κ3) is 2.65. The standard InChI is InChI=1S/C21H24N4/c1-15-5-7-16(8-6-15)17-13-19-21(22-14-17)25-12-11-24(18-3-2-4-18)10-9-20(25)23-19/h5-8,13-14,18H,2-4,9-12H2,1H3. The Labute approximate surface area is 148 Å². The van der Waals surface area contributed by atoms with E-state index < -0.39 is 0 Å². The van der Waals surface area contributed by atoms with Crippen LogP contribution in [0.4, 0.5) is 0 Å². The molecule has 3 heterocycles. The molecule has 25 heavy (non-hydrogen) atoms. The minimum atomic E-state index is 0.817. The molecular weight excluding hydrogens is 308 g/mol. The van der Waals surface area contributed by atoms with Crippen molar-refractivity contribution in [2.75, 3.05) is 13.1 Å². The molecule has 2 aliphatic rings. The summed E-state index contributed by atoms with van der Waals surface area (Å²) >= 11 is 0. The van der Waals surface area contributed by atoms with E-state index in [0.717, 1.165) is 48.8 Å². The van der Waals surface area contributed by atoms with Crippen LogP contribution in [-0.4, -0.2) is 38.6 Å². The van der Waals surface area contributed by atoms with Crippen molar-refractivity contribution in [1.82, 2.24) is 19.4 Å². The summed E-state index contributed by atoms with van der Waals surface area (Å²) < 4.78 is 2.34. The van der Waals surface area contributed by atoms with Crippen molar-refractivity contribution >= 4 is 11.2 Å². The van der Waals surface area contributed by atoms with Gasteiger partial charge in [0.15, 0.2) is 5.65 Å². The van der Waals surface area contributed by atoms with E-state index in [2.05, 4.69) is 46.7 Å². The van der Waals surface area contributed by atoms with Crippen molar-refractivity contribution in [2.24, 2.45) is 0 Å². The van der Waals surface area contributed by atoms with Crippen LogP contribution < -0.4 is 0 Å². The van der Waals surface area contributed by atoms with Crippen molar-refractivity contribution in [1.29, 1.82) is 0 Å². The van der Waals surface area contributed by atoms with Crippen molar-refractivity contribution in [3.63, 3.8) is 0 Å². The van der Waals surface area contributed by atoms with Gasteiger partial charge in [-0.2, -0.15) is 0 Å². The zero-order valence-electron chi connectivity index (χ0n) is 14.8. The fourth-order valence-corrected chi connectivity index (χ4v) is 4.09. The van der Waals surface area contributed by atoms with Crippen molar-refractivity contribution < 1.29 is 0 Å². The molecule has 1 aliphatic carbocycles. The minimum Gasteiger partial charge on any atom is -0.311 e. The number of nitrogens with zero attached hydrogens (tertiary/aromatic N) is 4. The molecule has 3 aromatic rings. The first-order valence-corrected chi connectivity index (χ1v) is 9.44. The number of aromatic nitrogens is 3. The number of rotatable bonds is 2. The molecule has 0 amide bonds. The Bertz CT molecular complexity index is 906. The van der Waals surface area contributed by atoms with E-state index in [1.807, 2.05) is 6.20 Å². The Morgan fingerprint density at radius 3 is 2.60 bits per heavy atom. The average Bonchev–Trinajstić information content (AvgIpc) is 2.80. The lowest BCUT2D eigenvalue weighted by Gasteiger charge is -2.36. The van der Waals surface area contributed by atoms with E-state index in [-0.39, 0.29) is 0 Å². The molecule has 128 valence electrons. The van der Waals surface area contributed by atoms with Gasteiger partial charge in [-0.1, -0.05) is 36.2 Å². The molecule has 0 radical (unpaired) electrons. The highest BCUT2D eigenvalue weighted by atomic mass is 15.2. The lowest BCUT2D eigenvalue weighted by Crippen LogP contribution is -2.41. The van der Waals surface area contributed by atoms with Crippen LogP contribution in [0.3, 0.4) is 0 Å². The monoisotopic (exact) mass is 332 g/mol. The van der Waals surface area contributed by atoms with Gasteiger partial charge in [-0.3, -0.25) is 4.90 Å². The number of hydrogen-bond donors (Lipinski definition) is 0. The topological polar surface area (TPSA) is 34.0 Å². The second-order valence-electron chi connectivity index (χ2n) is 7.48. The number of benzene rings is 1. The Morgan fingerprint density at radius 1 is 1.00 bits per heavy atom. The van der Waals surface area contributed by atoms with E-state index in [1.165, 1.54) is 36.2 Å². The molecule has 1 aromatic carbocycles. The van der Waals surface area contributed by atoms with Gasteiger partial charge in [0.25, 0.3) is 0 Å². The summed E-state index contributed by atoms with van der Waals surface area (Å²) in [5.74, 6) is 1.20. The zero-order valence-corrected chi connectivity index (χ0v) is 14.8. The van der Waals surface area contributed by atoms with Gasteiger partial charge in [-0.15, -0.1) is 0 Å². The maximum atomic E-state index is 4.93. The maximum Gasteiger partial charge on any atom is 0.160 e. The third-order valence-corrected chi connectivity index (χ3v) is 5.87. The van der Waals surface area contributed by atoms with E-state index >= 15 is 0 Å². The van der Waals surface area contributed by atoms with E-state index in [4.69, 9.17) is 9.97 Å². The van der Waals surface area contributed by atoms with Gasteiger partial charge >= 0.3 is 0 Å². The number of fused-ring (bicyclic) bond motifs is 3. The second-order valence-corrected chi connectivity index (χ2v) is 7.48. The van der Waals surface area contributed by atoms with Crippen LogP contribution in [0.15, 0.2) is 36.5 Å². The molecule has 0 saturated heterocycles. The van der Waals surface area contributed by atoms with Crippen LogP contribution in [0.25, 0.3) is 22.3 Å². The Morgan fingerprint density at radius 2 is 1.84 bits per heavy atom. The first kappa shape index (κ1) is 15.1. The highest BCUT2D eigenvalue weighted by Crippen LogP contribution is 2.28. The zero-order chi connectivity index (χ0) is 16.8. The Balaban J connectivity index is 1.46. The quantitative estimate of drug-likeness (QED) is 0.715. The lowest BCUT2D eigenvalue weighted by molar-refractivity contribution is 0.130. The van der Waals surface area contributed by atoms with Gasteiger partial charge in [0, 0.05) is 43.9 Å². The number of aryl methyl sites for hydroxylation is 1.